The van der Waals surface area contributed by atoms with E-state index in [0.29, 0.717) is 0 Å². The van der Waals surface area contributed by atoms with E-state index in [4.69, 9.17) is 0 Å². The fraction of sp³-hybridized carbons (Fsp3) is 0.417. The van der Waals surface area contributed by atoms with Crippen molar-refractivity contribution in [2.45, 2.75) is 30.8 Å². The van der Waals surface area contributed by atoms with Crippen LogP contribution in [0, 0.1) is 0 Å². The van der Waals surface area contributed by atoms with Gasteiger partial charge in [-0.3, -0.25) is 4.79 Å². The fourth-order valence-corrected chi connectivity index (χ4v) is 2.34. The van der Waals surface area contributed by atoms with Crippen molar-refractivity contribution in [3.05, 3.63) is 30.3 Å². The molecule has 1 aromatic rings. The van der Waals surface area contributed by atoms with Crippen LogP contribution in [-0.4, -0.2) is 31.5 Å². The molecule has 6 heteroatoms. The maximum atomic E-state index is 11.8. The van der Waals surface area contributed by atoms with Crippen molar-refractivity contribution in [2.75, 3.05) is 6.54 Å². The number of carbonyl (C=O) groups is 1. The summed E-state index contributed by atoms with van der Waals surface area (Å²) in [5, 5.41) is 9.41. The highest BCUT2D eigenvalue weighted by molar-refractivity contribution is 7.89. The van der Waals surface area contributed by atoms with E-state index in [-0.39, 0.29) is 17.9 Å². The van der Waals surface area contributed by atoms with Gasteiger partial charge in [-0.25, -0.2) is 13.1 Å². The third-order valence-corrected chi connectivity index (χ3v) is 3.86. The van der Waals surface area contributed by atoms with Crippen LogP contribution >= 0.6 is 0 Å². The zero-order valence-electron chi connectivity index (χ0n) is 10.4. The number of nitrogens with one attached hydrogen (secondary N) is 1. The van der Waals surface area contributed by atoms with Gasteiger partial charge in [-0.05, 0) is 26.0 Å². The number of aliphatic hydroxyl groups is 1. The lowest BCUT2D eigenvalue weighted by molar-refractivity contribution is -0.133. The number of Topliss-reactive ketones (excluding diaryl/α,β-unsaturated/α-hetero) is 1. The van der Waals surface area contributed by atoms with Crippen molar-refractivity contribution in [3.63, 3.8) is 0 Å². The van der Waals surface area contributed by atoms with Crippen molar-refractivity contribution in [3.8, 4) is 0 Å². The average Bonchev–Trinajstić information content (AvgIpc) is 2.28. The lowest BCUT2D eigenvalue weighted by Gasteiger charge is -2.15. The number of sulfonamides is 1. The number of hydrogen-bond donors (Lipinski definition) is 2. The molecule has 0 saturated heterocycles. The van der Waals surface area contributed by atoms with Crippen LogP contribution in [-0.2, 0) is 14.8 Å². The predicted octanol–water partition coefficient (Wildman–Crippen LogP) is 0.695. The van der Waals surface area contributed by atoms with Crippen LogP contribution in [0.15, 0.2) is 35.2 Å². The molecule has 0 heterocycles. The summed E-state index contributed by atoms with van der Waals surface area (Å²) in [6.45, 7) is 2.72. The number of benzene rings is 1. The second-order valence-corrected chi connectivity index (χ2v) is 6.21. The van der Waals surface area contributed by atoms with Crippen LogP contribution in [0.2, 0.25) is 0 Å². The summed E-state index contributed by atoms with van der Waals surface area (Å²) < 4.78 is 25.9. The van der Waals surface area contributed by atoms with Crippen LogP contribution in [0.1, 0.15) is 20.3 Å². The summed E-state index contributed by atoms with van der Waals surface area (Å²) in [6.07, 6.45) is -0.0461. The number of rotatable bonds is 6. The number of carbonyl (C=O) groups excluding carboxylic acids is 1. The minimum atomic E-state index is -3.59. The molecule has 0 unspecified atom stereocenters. The monoisotopic (exact) mass is 271 g/mol. The second-order valence-electron chi connectivity index (χ2n) is 4.44. The molecule has 0 atom stereocenters. The molecule has 0 aromatic heterocycles. The van der Waals surface area contributed by atoms with Gasteiger partial charge in [-0.15, -0.1) is 0 Å². The molecule has 1 rings (SSSR count). The van der Waals surface area contributed by atoms with Crippen molar-refractivity contribution in [2.24, 2.45) is 0 Å². The summed E-state index contributed by atoms with van der Waals surface area (Å²) in [6, 6.07) is 7.91. The Bertz CT molecular complexity index is 503. The molecular formula is C12H17NO4S. The zero-order chi connectivity index (χ0) is 13.8. The predicted molar refractivity (Wildman–Crippen MR) is 67.6 cm³/mol. The number of hydrogen-bond acceptors (Lipinski definition) is 4. The lowest BCUT2D eigenvalue weighted by Crippen LogP contribution is -2.35. The Kier molecular flexibility index (Phi) is 4.61. The largest absolute Gasteiger partial charge is 0.383 e. The van der Waals surface area contributed by atoms with Gasteiger partial charge in [0.05, 0.1) is 4.90 Å². The second kappa shape index (κ2) is 5.60. The Morgan fingerprint density at radius 1 is 1.28 bits per heavy atom. The van der Waals surface area contributed by atoms with E-state index in [1.165, 1.54) is 26.0 Å². The Morgan fingerprint density at radius 3 is 2.33 bits per heavy atom. The molecule has 0 radical (unpaired) electrons. The lowest BCUT2D eigenvalue weighted by atomic mass is 10.0. The Labute approximate surface area is 107 Å². The van der Waals surface area contributed by atoms with Gasteiger partial charge in [-0.2, -0.15) is 0 Å². The van der Waals surface area contributed by atoms with Crippen molar-refractivity contribution < 1.29 is 18.3 Å². The van der Waals surface area contributed by atoms with E-state index >= 15 is 0 Å². The van der Waals surface area contributed by atoms with E-state index in [2.05, 4.69) is 4.72 Å². The molecule has 5 nitrogen and oxygen atoms in total. The van der Waals surface area contributed by atoms with Gasteiger partial charge < -0.3 is 5.11 Å². The van der Waals surface area contributed by atoms with Crippen molar-refractivity contribution in [1.82, 2.24) is 4.72 Å². The first-order valence-corrected chi connectivity index (χ1v) is 7.02. The van der Waals surface area contributed by atoms with Gasteiger partial charge in [0.2, 0.25) is 10.0 Å². The minimum absolute atomic E-state index is 0.0277. The standard InChI is InChI=1S/C12H17NO4S/c1-12(2,15)11(14)8-9-13-18(16,17)10-6-4-3-5-7-10/h3-7,13,15H,8-9H2,1-2H3. The highest BCUT2D eigenvalue weighted by Gasteiger charge is 2.23. The first kappa shape index (κ1) is 14.8. The molecule has 0 fully saturated rings. The Morgan fingerprint density at radius 2 is 1.83 bits per heavy atom. The molecule has 18 heavy (non-hydrogen) atoms. The molecule has 0 aliphatic heterocycles. The van der Waals surface area contributed by atoms with E-state index in [9.17, 15) is 18.3 Å². The van der Waals surface area contributed by atoms with E-state index in [1.807, 2.05) is 0 Å². The summed E-state index contributed by atoms with van der Waals surface area (Å²) >= 11 is 0. The summed E-state index contributed by atoms with van der Waals surface area (Å²) in [7, 11) is -3.59. The average molecular weight is 271 g/mol. The molecule has 0 aliphatic carbocycles. The van der Waals surface area contributed by atoms with Crippen LogP contribution < -0.4 is 4.72 Å². The highest BCUT2D eigenvalue weighted by Crippen LogP contribution is 2.08. The summed E-state index contributed by atoms with van der Waals surface area (Å²) in [4.78, 5) is 11.6. The molecule has 0 amide bonds. The van der Waals surface area contributed by atoms with Crippen molar-refractivity contribution in [1.29, 1.82) is 0 Å². The van der Waals surface area contributed by atoms with Crippen LogP contribution in [0.25, 0.3) is 0 Å². The molecule has 0 saturated carbocycles. The smallest absolute Gasteiger partial charge is 0.240 e. The Hall–Kier alpha value is -1.24. The molecule has 1 aromatic carbocycles. The first-order chi connectivity index (χ1) is 8.23. The molecule has 100 valence electrons. The topological polar surface area (TPSA) is 83.5 Å². The third-order valence-electron chi connectivity index (χ3n) is 2.38. The van der Waals surface area contributed by atoms with Gasteiger partial charge in [0.25, 0.3) is 0 Å². The van der Waals surface area contributed by atoms with Crippen LogP contribution in [0.5, 0.6) is 0 Å². The summed E-state index contributed by atoms with van der Waals surface area (Å²) in [5.41, 5.74) is -1.43. The van der Waals surface area contributed by atoms with Crippen molar-refractivity contribution >= 4 is 15.8 Å². The first-order valence-electron chi connectivity index (χ1n) is 5.54. The highest BCUT2D eigenvalue weighted by atomic mass is 32.2. The van der Waals surface area contributed by atoms with E-state index in [0.717, 1.165) is 0 Å². The van der Waals surface area contributed by atoms with Crippen LogP contribution in [0.4, 0.5) is 0 Å². The van der Waals surface area contributed by atoms with E-state index in [1.54, 1.807) is 18.2 Å². The zero-order valence-corrected chi connectivity index (χ0v) is 11.2. The normalized spacial score (nSPS) is 12.4. The van der Waals surface area contributed by atoms with Gasteiger partial charge >= 0.3 is 0 Å². The molecule has 0 aliphatic rings. The summed E-state index contributed by atoms with van der Waals surface area (Å²) in [5.74, 6) is -0.404. The number of ketones is 1. The van der Waals surface area contributed by atoms with Gasteiger partial charge in [0, 0.05) is 13.0 Å². The molecule has 2 N–H and O–H groups in total. The quantitative estimate of drug-likeness (QED) is 0.797. The van der Waals surface area contributed by atoms with E-state index < -0.39 is 21.4 Å². The van der Waals surface area contributed by atoms with Gasteiger partial charge in [0.1, 0.15) is 5.60 Å². The third kappa shape index (κ3) is 4.21. The minimum Gasteiger partial charge on any atom is -0.383 e. The fourth-order valence-electron chi connectivity index (χ4n) is 1.29. The molecule has 0 spiro atoms. The maximum Gasteiger partial charge on any atom is 0.240 e. The van der Waals surface area contributed by atoms with Crippen LogP contribution in [0.3, 0.4) is 0 Å². The maximum absolute atomic E-state index is 11.8. The SMILES string of the molecule is CC(C)(O)C(=O)CCNS(=O)(=O)c1ccccc1. The Balaban J connectivity index is 2.57. The van der Waals surface area contributed by atoms with Gasteiger partial charge in [-0.1, -0.05) is 18.2 Å². The molecular weight excluding hydrogens is 254 g/mol. The van der Waals surface area contributed by atoms with Gasteiger partial charge in [0.15, 0.2) is 5.78 Å². The molecule has 0 bridgehead atoms.